The van der Waals surface area contributed by atoms with Gasteiger partial charge in [0, 0.05) is 5.82 Å². The van der Waals surface area contributed by atoms with Gasteiger partial charge >= 0.3 is 0 Å². The van der Waals surface area contributed by atoms with Crippen molar-refractivity contribution in [2.24, 2.45) is 0 Å². The van der Waals surface area contributed by atoms with E-state index in [4.69, 9.17) is 4.52 Å². The van der Waals surface area contributed by atoms with Crippen molar-refractivity contribution in [3.63, 3.8) is 0 Å². The lowest BCUT2D eigenvalue weighted by Gasteiger charge is -1.98. The van der Waals surface area contributed by atoms with Gasteiger partial charge in [0.25, 0.3) is 0 Å². The number of rotatable bonds is 1. The smallest absolute Gasteiger partial charge is 0.246 e. The third-order valence-electron chi connectivity index (χ3n) is 0.940. The van der Waals surface area contributed by atoms with Crippen molar-refractivity contribution in [2.75, 3.05) is 6.61 Å². The van der Waals surface area contributed by atoms with Gasteiger partial charge in [-0.1, -0.05) is 12.7 Å². The standard InChI is InChI=1S/C5H7O2P/c1-2-8(6)5-3-4-7-8/h2-3,5H,1,4H2. The van der Waals surface area contributed by atoms with Crippen molar-refractivity contribution in [1.29, 1.82) is 0 Å². The van der Waals surface area contributed by atoms with Gasteiger partial charge in [-0.2, -0.15) is 0 Å². The average molecular weight is 130 g/mol. The van der Waals surface area contributed by atoms with Gasteiger partial charge in [-0.25, -0.2) is 0 Å². The molecule has 0 radical (unpaired) electrons. The molecule has 0 fully saturated rings. The Hall–Kier alpha value is -0.330. The van der Waals surface area contributed by atoms with E-state index in [9.17, 15) is 4.57 Å². The third kappa shape index (κ3) is 0.908. The molecule has 0 aliphatic carbocycles. The Morgan fingerprint density at radius 2 is 2.62 bits per heavy atom. The van der Waals surface area contributed by atoms with E-state index in [1.807, 2.05) is 0 Å². The highest BCUT2D eigenvalue weighted by atomic mass is 31.2. The van der Waals surface area contributed by atoms with Crippen LogP contribution in [-0.4, -0.2) is 6.61 Å². The Morgan fingerprint density at radius 1 is 1.88 bits per heavy atom. The first-order valence-electron chi connectivity index (χ1n) is 2.32. The van der Waals surface area contributed by atoms with Crippen LogP contribution in [0.2, 0.25) is 0 Å². The lowest BCUT2D eigenvalue weighted by molar-refractivity contribution is 0.378. The van der Waals surface area contributed by atoms with Crippen LogP contribution < -0.4 is 0 Å². The molecule has 1 unspecified atom stereocenters. The first-order chi connectivity index (χ1) is 3.77. The molecule has 44 valence electrons. The fourth-order valence-electron chi connectivity index (χ4n) is 0.506. The predicted octanol–water partition coefficient (Wildman–Crippen LogP) is 1.95. The van der Waals surface area contributed by atoms with E-state index >= 15 is 0 Å². The van der Waals surface area contributed by atoms with Gasteiger partial charge in [0.15, 0.2) is 0 Å². The first-order valence-corrected chi connectivity index (χ1v) is 4.08. The first kappa shape index (κ1) is 5.80. The topological polar surface area (TPSA) is 26.3 Å². The molecular formula is C5H7O2P. The van der Waals surface area contributed by atoms with Crippen LogP contribution in [0.25, 0.3) is 0 Å². The molecule has 0 amide bonds. The van der Waals surface area contributed by atoms with Crippen LogP contribution in [0.4, 0.5) is 0 Å². The number of hydrogen-bond donors (Lipinski definition) is 0. The van der Waals surface area contributed by atoms with Crippen molar-refractivity contribution in [3.05, 3.63) is 24.3 Å². The van der Waals surface area contributed by atoms with E-state index in [0.29, 0.717) is 6.61 Å². The number of hydrogen-bond acceptors (Lipinski definition) is 2. The molecule has 1 atom stereocenters. The Bertz CT molecular complexity index is 171. The van der Waals surface area contributed by atoms with Crippen molar-refractivity contribution in [2.45, 2.75) is 0 Å². The Kier molecular flexibility index (Phi) is 1.37. The summed E-state index contributed by atoms with van der Waals surface area (Å²) in [5.41, 5.74) is 0. The van der Waals surface area contributed by atoms with E-state index in [1.165, 1.54) is 5.82 Å². The van der Waals surface area contributed by atoms with E-state index in [1.54, 1.807) is 11.9 Å². The summed E-state index contributed by atoms with van der Waals surface area (Å²) in [6.45, 7) is 3.84. The summed E-state index contributed by atoms with van der Waals surface area (Å²) in [7, 11) is -2.47. The second kappa shape index (κ2) is 1.88. The maximum Gasteiger partial charge on any atom is 0.246 e. The molecule has 0 N–H and O–H groups in total. The largest absolute Gasteiger partial charge is 0.319 e. The van der Waals surface area contributed by atoms with Crippen LogP contribution in [0.3, 0.4) is 0 Å². The monoisotopic (exact) mass is 130 g/mol. The summed E-state index contributed by atoms with van der Waals surface area (Å²) < 4.78 is 15.8. The van der Waals surface area contributed by atoms with Crippen LogP contribution in [-0.2, 0) is 9.09 Å². The highest BCUT2D eigenvalue weighted by molar-refractivity contribution is 7.65. The fraction of sp³-hybridized carbons (Fsp3) is 0.200. The molecule has 0 saturated carbocycles. The second-order valence-corrected chi connectivity index (χ2v) is 3.72. The predicted molar refractivity (Wildman–Crippen MR) is 32.9 cm³/mol. The second-order valence-electron chi connectivity index (χ2n) is 1.51. The minimum atomic E-state index is -2.47. The molecule has 0 aromatic rings. The Labute approximate surface area is 48.3 Å². The van der Waals surface area contributed by atoms with Gasteiger partial charge in [0.1, 0.15) is 0 Å². The summed E-state index contributed by atoms with van der Waals surface area (Å²) in [6, 6.07) is 0. The van der Waals surface area contributed by atoms with E-state index in [-0.39, 0.29) is 0 Å². The third-order valence-corrected chi connectivity index (χ3v) is 2.63. The molecule has 1 rings (SSSR count). The lowest BCUT2D eigenvalue weighted by Crippen LogP contribution is -1.73. The van der Waals surface area contributed by atoms with Crippen LogP contribution in [0, 0.1) is 0 Å². The normalized spacial score (nSPS) is 35.5. The summed E-state index contributed by atoms with van der Waals surface area (Å²) in [5, 5.41) is 0. The molecule has 0 aromatic heterocycles. The zero-order valence-electron chi connectivity index (χ0n) is 4.41. The lowest BCUT2D eigenvalue weighted by atomic mass is 10.7. The Balaban J connectivity index is 2.83. The van der Waals surface area contributed by atoms with Gasteiger partial charge < -0.3 is 4.52 Å². The quantitative estimate of drug-likeness (QED) is 0.507. The molecule has 1 aliphatic heterocycles. The highest BCUT2D eigenvalue weighted by Crippen LogP contribution is 2.52. The van der Waals surface area contributed by atoms with E-state index in [2.05, 4.69) is 6.58 Å². The zero-order chi connectivity index (χ0) is 6.04. The van der Waals surface area contributed by atoms with Gasteiger partial charge in [-0.3, -0.25) is 4.57 Å². The summed E-state index contributed by atoms with van der Waals surface area (Å²) >= 11 is 0. The SMILES string of the molecule is C=CP1(=O)C=CCO1. The molecular weight excluding hydrogens is 123 g/mol. The molecule has 0 spiro atoms. The molecule has 0 aromatic carbocycles. The van der Waals surface area contributed by atoms with Gasteiger partial charge in [-0.05, 0) is 5.82 Å². The molecule has 2 nitrogen and oxygen atoms in total. The minimum Gasteiger partial charge on any atom is -0.319 e. The van der Waals surface area contributed by atoms with Crippen LogP contribution in [0.1, 0.15) is 0 Å². The molecule has 0 bridgehead atoms. The minimum absolute atomic E-state index is 0.462. The van der Waals surface area contributed by atoms with Crippen LogP contribution in [0.5, 0.6) is 0 Å². The van der Waals surface area contributed by atoms with Crippen molar-refractivity contribution in [1.82, 2.24) is 0 Å². The molecule has 1 aliphatic rings. The van der Waals surface area contributed by atoms with Crippen molar-refractivity contribution < 1.29 is 9.09 Å². The van der Waals surface area contributed by atoms with E-state index < -0.39 is 7.37 Å². The average Bonchev–Trinajstić information content (AvgIpc) is 2.17. The maximum absolute atomic E-state index is 11.0. The Morgan fingerprint density at radius 3 is 2.88 bits per heavy atom. The summed E-state index contributed by atoms with van der Waals surface area (Å²) in [5.74, 6) is 2.93. The fourth-order valence-corrected chi connectivity index (χ4v) is 1.52. The summed E-state index contributed by atoms with van der Waals surface area (Å²) in [4.78, 5) is 0. The van der Waals surface area contributed by atoms with Gasteiger partial charge in [-0.15, -0.1) is 0 Å². The summed E-state index contributed by atoms with van der Waals surface area (Å²) in [6.07, 6.45) is 1.74. The van der Waals surface area contributed by atoms with Crippen LogP contribution in [0.15, 0.2) is 24.3 Å². The zero-order valence-corrected chi connectivity index (χ0v) is 5.30. The highest BCUT2D eigenvalue weighted by Gasteiger charge is 2.16. The maximum atomic E-state index is 11.0. The molecule has 3 heteroatoms. The van der Waals surface area contributed by atoms with Gasteiger partial charge in [0.05, 0.1) is 6.61 Å². The molecule has 0 saturated heterocycles. The van der Waals surface area contributed by atoms with E-state index in [0.717, 1.165) is 0 Å². The van der Waals surface area contributed by atoms with Crippen molar-refractivity contribution in [3.8, 4) is 0 Å². The molecule has 8 heavy (non-hydrogen) atoms. The van der Waals surface area contributed by atoms with Crippen molar-refractivity contribution >= 4 is 7.37 Å². The van der Waals surface area contributed by atoms with Crippen LogP contribution >= 0.6 is 7.37 Å². The van der Waals surface area contributed by atoms with Gasteiger partial charge in [0.2, 0.25) is 7.37 Å². The molecule has 1 heterocycles.